The van der Waals surface area contributed by atoms with Crippen LogP contribution in [0.15, 0.2) is 26.6 Å². The lowest BCUT2D eigenvalue weighted by Crippen LogP contribution is -2.40. The molecule has 1 unspecified atom stereocenters. The van der Waals surface area contributed by atoms with Crippen LogP contribution in [-0.2, 0) is 21.2 Å². The van der Waals surface area contributed by atoms with Crippen LogP contribution in [0.2, 0.25) is 0 Å². The van der Waals surface area contributed by atoms with Crippen LogP contribution < -0.4 is 31.4 Å². The number of hydrogen-bond acceptors (Lipinski definition) is 9. The van der Waals surface area contributed by atoms with E-state index < -0.39 is 27.7 Å². The molecule has 166 valence electrons. The van der Waals surface area contributed by atoms with Gasteiger partial charge in [0.15, 0.2) is 12.5 Å². The number of aliphatic hydroxyl groups excluding tert-OH is 1. The zero-order chi connectivity index (χ0) is 22.5. The first-order valence-electron chi connectivity index (χ1n) is 9.03. The largest absolute Gasteiger partial charge is 0.464 e. The third-order valence-electron chi connectivity index (χ3n) is 4.43. The maximum Gasteiger partial charge on any atom is 0.253 e. The maximum atomic E-state index is 12.2. The van der Waals surface area contributed by atoms with Gasteiger partial charge in [-0.25, -0.2) is 13.6 Å². The second kappa shape index (κ2) is 10.2. The van der Waals surface area contributed by atoms with Gasteiger partial charge in [-0.2, -0.15) is 0 Å². The van der Waals surface area contributed by atoms with Crippen molar-refractivity contribution in [2.45, 2.75) is 30.7 Å². The smallest absolute Gasteiger partial charge is 0.253 e. The number of rotatable bonds is 12. The summed E-state index contributed by atoms with van der Waals surface area (Å²) in [6.45, 7) is 1.36. The number of sulfonamides is 1. The van der Waals surface area contributed by atoms with Gasteiger partial charge in [-0.3, -0.25) is 9.59 Å². The molecule has 0 aliphatic heterocycles. The summed E-state index contributed by atoms with van der Waals surface area (Å²) in [4.78, 5) is 23.8. The lowest BCUT2D eigenvalue weighted by atomic mass is 10.1. The molecule has 0 heterocycles. The number of halogens is 1. The molecule has 0 aliphatic carbocycles. The van der Waals surface area contributed by atoms with Gasteiger partial charge in [0.25, 0.3) is 10.9 Å². The summed E-state index contributed by atoms with van der Waals surface area (Å²) in [5.74, 6) is -0.150. The summed E-state index contributed by atoms with van der Waals surface area (Å²) in [6.07, 6.45) is 0.811. The van der Waals surface area contributed by atoms with E-state index in [1.807, 2.05) is 6.92 Å². The molecule has 0 aliphatic rings. The standard InChI is InChI=1S/C18H24ClN3O7S/c1-3-11(8-28-2)21-13-14(16(25)15(13)24)22-12-5-4-10(6-7-19)18(30(20,26)27)17(12)29-9-23/h4-5,11,21-23H,3,6-9H2,1-2H3,(H2,20,26,27). The van der Waals surface area contributed by atoms with E-state index in [1.54, 1.807) is 0 Å². The minimum Gasteiger partial charge on any atom is -0.464 e. The van der Waals surface area contributed by atoms with E-state index in [4.69, 9.17) is 26.2 Å². The average Bonchev–Trinajstić information content (AvgIpc) is 2.70. The summed E-state index contributed by atoms with van der Waals surface area (Å²) in [6, 6.07) is 2.71. The minimum atomic E-state index is -4.26. The first-order valence-corrected chi connectivity index (χ1v) is 11.1. The van der Waals surface area contributed by atoms with E-state index >= 15 is 0 Å². The van der Waals surface area contributed by atoms with Crippen LogP contribution in [0, 0.1) is 0 Å². The van der Waals surface area contributed by atoms with E-state index in [9.17, 15) is 23.1 Å². The molecule has 0 fully saturated rings. The van der Waals surface area contributed by atoms with Gasteiger partial charge in [-0.05, 0) is 24.5 Å². The second-order valence-corrected chi connectivity index (χ2v) is 8.30. The summed E-state index contributed by atoms with van der Waals surface area (Å²) >= 11 is 5.74. The number of nitrogens with one attached hydrogen (secondary N) is 2. The van der Waals surface area contributed by atoms with Crippen molar-refractivity contribution in [3.05, 3.63) is 38.1 Å². The van der Waals surface area contributed by atoms with E-state index in [-0.39, 0.29) is 51.6 Å². The third kappa shape index (κ3) is 5.10. The van der Waals surface area contributed by atoms with E-state index in [0.29, 0.717) is 13.0 Å². The summed E-state index contributed by atoms with van der Waals surface area (Å²) in [5.41, 5.74) is -1.15. The second-order valence-electron chi connectivity index (χ2n) is 6.43. The van der Waals surface area contributed by atoms with Crippen molar-refractivity contribution in [3.63, 3.8) is 0 Å². The lowest BCUT2D eigenvalue weighted by molar-refractivity contribution is 0.0963. The molecule has 0 spiro atoms. The fourth-order valence-electron chi connectivity index (χ4n) is 2.97. The van der Waals surface area contributed by atoms with Crippen LogP contribution in [0.1, 0.15) is 18.9 Å². The highest BCUT2D eigenvalue weighted by Crippen LogP contribution is 2.37. The lowest BCUT2D eigenvalue weighted by Gasteiger charge is -2.22. The molecule has 10 nitrogen and oxygen atoms in total. The molecule has 0 radical (unpaired) electrons. The number of nitrogens with two attached hydrogens (primary N) is 1. The molecule has 0 bridgehead atoms. The molecule has 0 saturated carbocycles. The SMILES string of the molecule is CCC(COC)Nc1c(Nc2ccc(CCCl)c(S(N)(=O)=O)c2OCO)c(=O)c1=O. The minimum absolute atomic E-state index is 0.0429. The molecule has 5 N–H and O–H groups in total. The first kappa shape index (κ1) is 24.1. The number of methoxy groups -OCH3 is 1. The number of benzene rings is 1. The zero-order valence-electron chi connectivity index (χ0n) is 16.5. The van der Waals surface area contributed by atoms with Crippen molar-refractivity contribution in [1.82, 2.24) is 0 Å². The number of aliphatic hydroxyl groups is 1. The molecule has 0 amide bonds. The average molecular weight is 462 g/mol. The quantitative estimate of drug-likeness (QED) is 0.202. The molecule has 0 aromatic heterocycles. The number of aryl methyl sites for hydroxylation is 1. The number of primary sulfonamides is 1. The zero-order valence-corrected chi connectivity index (χ0v) is 18.1. The van der Waals surface area contributed by atoms with Gasteiger partial charge in [-0.1, -0.05) is 13.0 Å². The first-order chi connectivity index (χ1) is 14.2. The van der Waals surface area contributed by atoms with Crippen LogP contribution in [-0.4, -0.2) is 46.0 Å². The highest BCUT2D eigenvalue weighted by Gasteiger charge is 2.27. The van der Waals surface area contributed by atoms with Crippen molar-refractivity contribution in [3.8, 4) is 5.75 Å². The Balaban J connectivity index is 2.53. The van der Waals surface area contributed by atoms with Gasteiger partial charge in [0.05, 0.1) is 12.3 Å². The molecular weight excluding hydrogens is 438 g/mol. The number of alkyl halides is 1. The summed E-state index contributed by atoms with van der Waals surface area (Å²) in [5, 5.41) is 20.3. The maximum absolute atomic E-state index is 12.2. The van der Waals surface area contributed by atoms with Gasteiger partial charge in [-0.15, -0.1) is 11.6 Å². The van der Waals surface area contributed by atoms with Gasteiger partial charge in [0.2, 0.25) is 10.0 Å². The Hall–Kier alpha value is -2.18. The van der Waals surface area contributed by atoms with Gasteiger partial charge in [0, 0.05) is 19.0 Å². The van der Waals surface area contributed by atoms with Gasteiger partial charge < -0.3 is 25.2 Å². The Morgan fingerprint density at radius 1 is 1.23 bits per heavy atom. The van der Waals surface area contributed by atoms with Crippen LogP contribution in [0.25, 0.3) is 0 Å². The monoisotopic (exact) mass is 461 g/mol. The molecular formula is C18H24ClN3O7S. The summed E-state index contributed by atoms with van der Waals surface area (Å²) < 4.78 is 34.5. The number of anilines is 3. The molecule has 0 saturated heterocycles. The Labute approximate surface area is 178 Å². The van der Waals surface area contributed by atoms with E-state index in [1.165, 1.54) is 19.2 Å². The van der Waals surface area contributed by atoms with Crippen LogP contribution in [0.5, 0.6) is 5.75 Å². The van der Waals surface area contributed by atoms with Gasteiger partial charge in [0.1, 0.15) is 16.3 Å². The van der Waals surface area contributed by atoms with E-state index in [0.717, 1.165) is 0 Å². The molecule has 12 heteroatoms. The Morgan fingerprint density at radius 3 is 2.43 bits per heavy atom. The van der Waals surface area contributed by atoms with Crippen LogP contribution >= 0.6 is 11.6 Å². The molecule has 2 aromatic rings. The Bertz CT molecular complexity index is 1060. The fourth-order valence-corrected chi connectivity index (χ4v) is 4.14. The van der Waals surface area contributed by atoms with Crippen molar-refractivity contribution in [1.29, 1.82) is 0 Å². The van der Waals surface area contributed by atoms with E-state index in [2.05, 4.69) is 10.6 Å². The predicted octanol–water partition coefficient (Wildman–Crippen LogP) is 0.620. The highest BCUT2D eigenvalue weighted by molar-refractivity contribution is 7.89. The predicted molar refractivity (Wildman–Crippen MR) is 114 cm³/mol. The van der Waals surface area contributed by atoms with Crippen LogP contribution in [0.3, 0.4) is 0 Å². The topological polar surface area (TPSA) is 157 Å². The van der Waals surface area contributed by atoms with Crippen molar-refractivity contribution >= 4 is 38.7 Å². The molecule has 2 rings (SSSR count). The van der Waals surface area contributed by atoms with Crippen molar-refractivity contribution < 1.29 is 23.0 Å². The van der Waals surface area contributed by atoms with Crippen molar-refractivity contribution in [2.24, 2.45) is 5.14 Å². The fraction of sp³-hybridized carbons (Fsp3) is 0.444. The highest BCUT2D eigenvalue weighted by atomic mass is 35.5. The molecule has 30 heavy (non-hydrogen) atoms. The van der Waals surface area contributed by atoms with Crippen molar-refractivity contribution in [2.75, 3.05) is 37.0 Å². The molecule has 1 atom stereocenters. The number of ether oxygens (including phenoxy) is 2. The number of hydrogen-bond donors (Lipinski definition) is 4. The summed E-state index contributed by atoms with van der Waals surface area (Å²) in [7, 11) is -2.74. The Kier molecular flexibility index (Phi) is 8.21. The third-order valence-corrected chi connectivity index (χ3v) is 5.64. The molecule has 2 aromatic carbocycles. The Morgan fingerprint density at radius 2 is 1.90 bits per heavy atom. The van der Waals surface area contributed by atoms with Crippen LogP contribution in [0.4, 0.5) is 17.1 Å². The van der Waals surface area contributed by atoms with Gasteiger partial charge >= 0.3 is 0 Å². The normalized spacial score (nSPS) is 12.7.